The number of imide groups is 1. The van der Waals surface area contributed by atoms with Gasteiger partial charge in [-0.1, -0.05) is 59.6 Å². The SMILES string of the molecule is NC(=O)c1ccc(C2C3C(=O)N(c4c(Cl)cccc4Cl)C(=O)C3ON2c2ccccc2)cc1. The summed E-state index contributed by atoms with van der Waals surface area (Å²) in [5.41, 5.74) is 7.21. The summed E-state index contributed by atoms with van der Waals surface area (Å²) in [6.45, 7) is 0. The van der Waals surface area contributed by atoms with Crippen molar-refractivity contribution < 1.29 is 19.2 Å². The van der Waals surface area contributed by atoms with Crippen molar-refractivity contribution in [1.29, 1.82) is 0 Å². The van der Waals surface area contributed by atoms with Gasteiger partial charge in [-0.3, -0.25) is 19.2 Å². The van der Waals surface area contributed by atoms with Crippen LogP contribution in [0.3, 0.4) is 0 Å². The van der Waals surface area contributed by atoms with Crippen molar-refractivity contribution in [3.8, 4) is 0 Å². The van der Waals surface area contributed by atoms with Gasteiger partial charge in [0.2, 0.25) is 11.8 Å². The van der Waals surface area contributed by atoms with Crippen LogP contribution in [0, 0.1) is 5.92 Å². The number of carbonyl (C=O) groups is 3. The van der Waals surface area contributed by atoms with Crippen molar-refractivity contribution in [3.05, 3.63) is 94.0 Å². The number of amides is 3. The van der Waals surface area contributed by atoms with Crippen molar-refractivity contribution in [3.63, 3.8) is 0 Å². The highest BCUT2D eigenvalue weighted by molar-refractivity contribution is 6.42. The summed E-state index contributed by atoms with van der Waals surface area (Å²) in [5, 5.41) is 1.94. The summed E-state index contributed by atoms with van der Waals surface area (Å²) in [6, 6.07) is 19.9. The molecule has 2 aliphatic rings. The Hall–Kier alpha value is -3.39. The van der Waals surface area contributed by atoms with E-state index >= 15 is 0 Å². The lowest BCUT2D eigenvalue weighted by Crippen LogP contribution is -2.37. The van der Waals surface area contributed by atoms with Gasteiger partial charge >= 0.3 is 0 Å². The van der Waals surface area contributed by atoms with E-state index in [1.54, 1.807) is 47.5 Å². The topological polar surface area (TPSA) is 92.9 Å². The Balaban J connectivity index is 1.60. The van der Waals surface area contributed by atoms with Gasteiger partial charge in [0.25, 0.3) is 5.91 Å². The zero-order chi connectivity index (χ0) is 23.3. The van der Waals surface area contributed by atoms with E-state index in [4.69, 9.17) is 33.8 Å². The lowest BCUT2D eigenvalue weighted by molar-refractivity contribution is -0.126. The minimum Gasteiger partial charge on any atom is -0.366 e. The molecule has 9 heteroatoms. The fourth-order valence-electron chi connectivity index (χ4n) is 4.32. The molecule has 3 aromatic rings. The zero-order valence-electron chi connectivity index (χ0n) is 17.0. The van der Waals surface area contributed by atoms with Gasteiger partial charge in [-0.05, 0) is 42.0 Å². The fraction of sp³-hybridized carbons (Fsp3) is 0.125. The second kappa shape index (κ2) is 8.19. The number of hydrogen-bond donors (Lipinski definition) is 1. The number of nitrogens with zero attached hydrogens (tertiary/aromatic N) is 2. The average Bonchev–Trinajstić information content (AvgIpc) is 3.31. The van der Waals surface area contributed by atoms with Gasteiger partial charge < -0.3 is 5.73 Å². The predicted molar refractivity (Wildman–Crippen MR) is 124 cm³/mol. The highest BCUT2D eigenvalue weighted by Crippen LogP contribution is 2.49. The summed E-state index contributed by atoms with van der Waals surface area (Å²) >= 11 is 12.6. The number of fused-ring (bicyclic) bond motifs is 1. The molecule has 3 amide bonds. The van der Waals surface area contributed by atoms with Crippen LogP contribution in [0.1, 0.15) is 22.0 Å². The smallest absolute Gasteiger partial charge is 0.266 e. The van der Waals surface area contributed by atoms with Crippen LogP contribution in [-0.2, 0) is 14.4 Å². The van der Waals surface area contributed by atoms with Gasteiger partial charge in [0.1, 0.15) is 5.92 Å². The average molecular weight is 482 g/mol. The quantitative estimate of drug-likeness (QED) is 0.565. The number of carbonyl (C=O) groups excluding carboxylic acids is 3. The van der Waals surface area contributed by atoms with E-state index in [9.17, 15) is 14.4 Å². The molecule has 2 N–H and O–H groups in total. The lowest BCUT2D eigenvalue weighted by Gasteiger charge is -2.29. The van der Waals surface area contributed by atoms with Crippen molar-refractivity contribution in [2.45, 2.75) is 12.1 Å². The summed E-state index contributed by atoms with van der Waals surface area (Å²) in [7, 11) is 0. The number of rotatable bonds is 4. The van der Waals surface area contributed by atoms with Crippen LogP contribution >= 0.6 is 23.2 Å². The molecule has 0 radical (unpaired) electrons. The van der Waals surface area contributed by atoms with E-state index < -0.39 is 35.8 Å². The van der Waals surface area contributed by atoms with Crippen molar-refractivity contribution in [2.75, 3.05) is 9.96 Å². The van der Waals surface area contributed by atoms with Gasteiger partial charge in [-0.15, -0.1) is 0 Å². The monoisotopic (exact) mass is 481 g/mol. The molecular formula is C24H17Cl2N3O4. The maximum atomic E-state index is 13.6. The van der Waals surface area contributed by atoms with E-state index in [1.807, 2.05) is 30.3 Å². The molecular weight excluding hydrogens is 465 g/mol. The van der Waals surface area contributed by atoms with Crippen LogP contribution in [0.5, 0.6) is 0 Å². The molecule has 33 heavy (non-hydrogen) atoms. The molecule has 0 spiro atoms. The van der Waals surface area contributed by atoms with Gasteiger partial charge in [0, 0.05) is 5.56 Å². The van der Waals surface area contributed by atoms with Gasteiger partial charge in [-0.2, -0.15) is 0 Å². The third-order valence-corrected chi connectivity index (χ3v) is 6.43. The minimum absolute atomic E-state index is 0.142. The molecule has 3 unspecified atom stereocenters. The number of halogens is 2. The molecule has 3 aromatic carbocycles. The van der Waals surface area contributed by atoms with E-state index in [0.29, 0.717) is 16.8 Å². The zero-order valence-corrected chi connectivity index (χ0v) is 18.5. The van der Waals surface area contributed by atoms with E-state index in [-0.39, 0.29) is 15.7 Å². The van der Waals surface area contributed by atoms with E-state index in [1.165, 1.54) is 0 Å². The van der Waals surface area contributed by atoms with Gasteiger partial charge in [0.05, 0.1) is 27.5 Å². The molecule has 2 aliphatic heterocycles. The number of anilines is 2. The number of para-hydroxylation sites is 2. The number of hydrogen-bond acceptors (Lipinski definition) is 5. The molecule has 2 heterocycles. The van der Waals surface area contributed by atoms with Crippen LogP contribution in [-0.4, -0.2) is 23.8 Å². The van der Waals surface area contributed by atoms with Crippen molar-refractivity contribution in [1.82, 2.24) is 0 Å². The Morgan fingerprint density at radius 3 is 2.09 bits per heavy atom. The molecule has 2 saturated heterocycles. The molecule has 0 aromatic heterocycles. The first kappa shape index (κ1) is 21.5. The summed E-state index contributed by atoms with van der Waals surface area (Å²) in [6.07, 6.45) is -1.06. The molecule has 0 bridgehead atoms. The highest BCUT2D eigenvalue weighted by atomic mass is 35.5. The van der Waals surface area contributed by atoms with E-state index in [0.717, 1.165) is 4.90 Å². The predicted octanol–water partition coefficient (Wildman–Crippen LogP) is 4.14. The minimum atomic E-state index is -1.06. The van der Waals surface area contributed by atoms with Crippen molar-refractivity contribution >= 4 is 52.3 Å². The normalized spacial score (nSPS) is 22.1. The number of primary amides is 1. The standard InChI is InChI=1S/C24H17Cl2N3O4/c25-16-7-4-8-17(26)20(16)28-23(31)18-19(13-9-11-14(12-10-13)22(27)30)29(33-21(18)24(28)32)15-5-2-1-3-6-15/h1-12,18-19,21H,(H2,27,30). The highest BCUT2D eigenvalue weighted by Gasteiger charge is 2.60. The Kier molecular flexibility index (Phi) is 5.32. The third kappa shape index (κ3) is 3.45. The molecule has 2 fully saturated rings. The first-order chi connectivity index (χ1) is 15.9. The molecule has 166 valence electrons. The number of nitrogens with two attached hydrogens (primary N) is 1. The molecule has 0 saturated carbocycles. The second-order valence-corrected chi connectivity index (χ2v) is 8.54. The molecule has 5 rings (SSSR count). The van der Waals surface area contributed by atoms with Gasteiger partial charge in [-0.25, -0.2) is 9.96 Å². The Morgan fingerprint density at radius 1 is 0.848 bits per heavy atom. The molecule has 3 atom stereocenters. The third-order valence-electron chi connectivity index (χ3n) is 5.82. The summed E-state index contributed by atoms with van der Waals surface area (Å²) in [5.74, 6) is -2.43. The Labute approximate surface area is 199 Å². The molecule has 0 aliphatic carbocycles. The summed E-state index contributed by atoms with van der Waals surface area (Å²) < 4.78 is 0. The van der Waals surface area contributed by atoms with Crippen molar-refractivity contribution in [2.24, 2.45) is 11.7 Å². The second-order valence-electron chi connectivity index (χ2n) is 7.73. The van der Waals surface area contributed by atoms with Crippen LogP contribution in [0.4, 0.5) is 11.4 Å². The fourth-order valence-corrected chi connectivity index (χ4v) is 4.89. The van der Waals surface area contributed by atoms with Crippen LogP contribution in [0.25, 0.3) is 0 Å². The van der Waals surface area contributed by atoms with Crippen LogP contribution in [0.15, 0.2) is 72.8 Å². The number of hydroxylamine groups is 1. The van der Waals surface area contributed by atoms with Crippen LogP contribution < -0.4 is 15.7 Å². The Morgan fingerprint density at radius 2 is 1.48 bits per heavy atom. The largest absolute Gasteiger partial charge is 0.366 e. The van der Waals surface area contributed by atoms with Crippen LogP contribution in [0.2, 0.25) is 10.0 Å². The first-order valence-corrected chi connectivity index (χ1v) is 10.9. The molecule has 7 nitrogen and oxygen atoms in total. The van der Waals surface area contributed by atoms with Gasteiger partial charge in [0.15, 0.2) is 6.10 Å². The lowest BCUT2D eigenvalue weighted by atomic mass is 9.90. The Bertz CT molecular complexity index is 1250. The van der Waals surface area contributed by atoms with E-state index in [2.05, 4.69) is 0 Å². The maximum Gasteiger partial charge on any atom is 0.266 e. The number of benzene rings is 3. The first-order valence-electron chi connectivity index (χ1n) is 10.1. The maximum absolute atomic E-state index is 13.6. The summed E-state index contributed by atoms with van der Waals surface area (Å²) in [4.78, 5) is 45.6.